The average Bonchev–Trinajstić information content (AvgIpc) is 2.70. The molecule has 28 heavy (non-hydrogen) atoms. The van der Waals surface area contributed by atoms with Crippen molar-refractivity contribution in [2.45, 2.75) is 84.6 Å². The first-order chi connectivity index (χ1) is 13.3. The Kier molecular flexibility index (Phi) is 13.5. The lowest BCUT2D eigenvalue weighted by Crippen LogP contribution is -2.32. The first-order valence-corrected chi connectivity index (χ1v) is 11.0. The van der Waals surface area contributed by atoms with Gasteiger partial charge in [0.15, 0.2) is 12.4 Å². The number of ether oxygens (including phenoxy) is 1. The van der Waals surface area contributed by atoms with Gasteiger partial charge in [-0.3, -0.25) is 0 Å². The summed E-state index contributed by atoms with van der Waals surface area (Å²) >= 11 is 0. The predicted molar refractivity (Wildman–Crippen MR) is 122 cm³/mol. The highest BCUT2D eigenvalue weighted by molar-refractivity contribution is 5.85. The summed E-state index contributed by atoms with van der Waals surface area (Å²) in [5, 5.41) is 0. The second kappa shape index (κ2) is 15.4. The van der Waals surface area contributed by atoms with Crippen LogP contribution in [0.5, 0.6) is 5.75 Å². The number of aryl methyl sites for hydroxylation is 3. The third-order valence-corrected chi connectivity index (χ3v) is 5.09. The SMILES string of the molecule is CCCCCc1ccc(OCCCC[n+]2ccccc2)c(CCCCC)c1.Cl. The molecule has 0 bridgehead atoms. The van der Waals surface area contributed by atoms with Gasteiger partial charge in [0.2, 0.25) is 0 Å². The topological polar surface area (TPSA) is 13.1 Å². The number of hydrogen-bond donors (Lipinski definition) is 0. The van der Waals surface area contributed by atoms with Crippen LogP contribution in [0.4, 0.5) is 0 Å². The van der Waals surface area contributed by atoms with Crippen molar-refractivity contribution in [3.63, 3.8) is 0 Å². The maximum Gasteiger partial charge on any atom is 0.168 e. The van der Waals surface area contributed by atoms with Gasteiger partial charge in [-0.1, -0.05) is 57.7 Å². The summed E-state index contributed by atoms with van der Waals surface area (Å²) in [6.07, 6.45) is 16.6. The molecule has 0 atom stereocenters. The summed E-state index contributed by atoms with van der Waals surface area (Å²) < 4.78 is 8.41. The van der Waals surface area contributed by atoms with Crippen LogP contribution in [-0.4, -0.2) is 6.61 Å². The summed E-state index contributed by atoms with van der Waals surface area (Å²) in [7, 11) is 0. The van der Waals surface area contributed by atoms with Gasteiger partial charge in [-0.15, -0.1) is 12.4 Å². The molecular formula is C25H39ClNO+. The van der Waals surface area contributed by atoms with Gasteiger partial charge in [0.25, 0.3) is 0 Å². The minimum atomic E-state index is 0. The van der Waals surface area contributed by atoms with Crippen LogP contribution in [0.25, 0.3) is 0 Å². The van der Waals surface area contributed by atoms with Gasteiger partial charge >= 0.3 is 0 Å². The minimum absolute atomic E-state index is 0. The van der Waals surface area contributed by atoms with E-state index in [1.54, 1.807) is 0 Å². The molecule has 0 aliphatic heterocycles. The molecule has 0 saturated heterocycles. The zero-order chi connectivity index (χ0) is 19.2. The lowest BCUT2D eigenvalue weighted by Gasteiger charge is -2.13. The smallest absolute Gasteiger partial charge is 0.168 e. The van der Waals surface area contributed by atoms with Crippen LogP contribution in [0.15, 0.2) is 48.8 Å². The molecule has 0 unspecified atom stereocenters. The molecule has 2 nitrogen and oxygen atoms in total. The second-order valence-electron chi connectivity index (χ2n) is 7.53. The number of aromatic nitrogens is 1. The molecule has 1 aromatic carbocycles. The fourth-order valence-corrected chi connectivity index (χ4v) is 3.43. The Morgan fingerprint density at radius 3 is 2.21 bits per heavy atom. The Balaban J connectivity index is 0.00000392. The molecule has 0 fully saturated rings. The summed E-state index contributed by atoms with van der Waals surface area (Å²) in [5.74, 6) is 1.11. The monoisotopic (exact) mass is 404 g/mol. The molecule has 0 spiro atoms. The number of rotatable bonds is 14. The average molecular weight is 405 g/mol. The lowest BCUT2D eigenvalue weighted by atomic mass is 10.00. The van der Waals surface area contributed by atoms with Gasteiger partial charge in [0.1, 0.15) is 12.3 Å². The molecule has 0 aliphatic carbocycles. The summed E-state index contributed by atoms with van der Waals surface area (Å²) in [6.45, 7) is 6.40. The first-order valence-electron chi connectivity index (χ1n) is 11.0. The maximum absolute atomic E-state index is 6.18. The molecule has 0 aliphatic rings. The van der Waals surface area contributed by atoms with Gasteiger partial charge in [-0.05, 0) is 49.3 Å². The molecule has 0 radical (unpaired) electrons. The van der Waals surface area contributed by atoms with Gasteiger partial charge in [-0.2, -0.15) is 0 Å². The fourth-order valence-electron chi connectivity index (χ4n) is 3.43. The van der Waals surface area contributed by atoms with E-state index in [2.05, 4.69) is 67.2 Å². The quantitative estimate of drug-likeness (QED) is 0.251. The number of pyridine rings is 1. The van der Waals surface area contributed by atoms with E-state index >= 15 is 0 Å². The number of benzene rings is 1. The fraction of sp³-hybridized carbons (Fsp3) is 0.560. The van der Waals surface area contributed by atoms with E-state index in [1.165, 1.54) is 56.1 Å². The zero-order valence-electron chi connectivity index (χ0n) is 17.9. The van der Waals surface area contributed by atoms with Crippen LogP contribution in [0.2, 0.25) is 0 Å². The Bertz CT molecular complexity index is 630. The highest BCUT2D eigenvalue weighted by atomic mass is 35.5. The molecular weight excluding hydrogens is 366 g/mol. The van der Waals surface area contributed by atoms with Crippen LogP contribution < -0.4 is 9.30 Å². The Morgan fingerprint density at radius 2 is 1.50 bits per heavy atom. The molecule has 0 amide bonds. The van der Waals surface area contributed by atoms with Crippen LogP contribution in [0.1, 0.15) is 76.3 Å². The normalized spacial score (nSPS) is 10.5. The van der Waals surface area contributed by atoms with Crippen molar-refractivity contribution in [3.8, 4) is 5.75 Å². The van der Waals surface area contributed by atoms with E-state index in [1.807, 2.05) is 0 Å². The molecule has 0 saturated carbocycles. The van der Waals surface area contributed by atoms with Crippen LogP contribution in [0, 0.1) is 0 Å². The van der Waals surface area contributed by atoms with E-state index in [9.17, 15) is 0 Å². The van der Waals surface area contributed by atoms with E-state index in [0.717, 1.165) is 38.2 Å². The van der Waals surface area contributed by atoms with Crippen LogP contribution >= 0.6 is 12.4 Å². The Morgan fingerprint density at radius 1 is 0.786 bits per heavy atom. The highest BCUT2D eigenvalue weighted by Gasteiger charge is 2.07. The van der Waals surface area contributed by atoms with Crippen molar-refractivity contribution in [2.75, 3.05) is 6.61 Å². The summed E-state index contributed by atoms with van der Waals surface area (Å²) in [5.41, 5.74) is 2.89. The van der Waals surface area contributed by atoms with E-state index in [-0.39, 0.29) is 12.4 Å². The molecule has 2 rings (SSSR count). The summed E-state index contributed by atoms with van der Waals surface area (Å²) in [6, 6.07) is 13.1. The predicted octanol–water partition coefficient (Wildman–Crippen LogP) is 6.72. The molecule has 1 aromatic heterocycles. The van der Waals surface area contributed by atoms with E-state index in [4.69, 9.17) is 4.74 Å². The molecule has 0 N–H and O–H groups in total. The molecule has 2 aromatic rings. The molecule has 1 heterocycles. The standard InChI is InChI=1S/C25H38NO.ClH/c1-3-5-8-14-23-16-17-25(24(22-23)15-9-6-4-2)27-21-13-12-20-26-18-10-7-11-19-26;/h7,10-11,16-19,22H,3-6,8-9,12-15,20-21H2,1-2H3;1H/q+1;. The Hall–Kier alpha value is -1.54. The number of unbranched alkanes of at least 4 members (excludes halogenated alkanes) is 5. The highest BCUT2D eigenvalue weighted by Crippen LogP contribution is 2.24. The largest absolute Gasteiger partial charge is 0.493 e. The minimum Gasteiger partial charge on any atom is -0.493 e. The zero-order valence-corrected chi connectivity index (χ0v) is 18.7. The molecule has 3 heteroatoms. The van der Waals surface area contributed by atoms with Crippen molar-refractivity contribution in [1.29, 1.82) is 0 Å². The second-order valence-corrected chi connectivity index (χ2v) is 7.53. The first kappa shape index (κ1) is 24.5. The molecule has 156 valence electrons. The van der Waals surface area contributed by atoms with Crippen molar-refractivity contribution in [1.82, 2.24) is 0 Å². The number of halogens is 1. The van der Waals surface area contributed by atoms with Crippen LogP contribution in [-0.2, 0) is 19.4 Å². The van der Waals surface area contributed by atoms with Gasteiger partial charge in [0.05, 0.1) is 6.61 Å². The number of hydrogen-bond acceptors (Lipinski definition) is 1. The van der Waals surface area contributed by atoms with Gasteiger partial charge in [-0.25, -0.2) is 4.57 Å². The van der Waals surface area contributed by atoms with E-state index in [0.29, 0.717) is 0 Å². The summed E-state index contributed by atoms with van der Waals surface area (Å²) in [4.78, 5) is 0. The van der Waals surface area contributed by atoms with Gasteiger partial charge in [0, 0.05) is 18.6 Å². The third-order valence-electron chi connectivity index (χ3n) is 5.09. The lowest BCUT2D eigenvalue weighted by molar-refractivity contribution is -0.697. The van der Waals surface area contributed by atoms with Crippen molar-refractivity contribution >= 4 is 12.4 Å². The maximum atomic E-state index is 6.18. The van der Waals surface area contributed by atoms with Crippen LogP contribution in [0.3, 0.4) is 0 Å². The van der Waals surface area contributed by atoms with Crippen molar-refractivity contribution in [3.05, 3.63) is 59.9 Å². The van der Waals surface area contributed by atoms with Crippen molar-refractivity contribution < 1.29 is 9.30 Å². The van der Waals surface area contributed by atoms with Gasteiger partial charge < -0.3 is 4.74 Å². The number of nitrogens with zero attached hydrogens (tertiary/aromatic N) is 1. The van der Waals surface area contributed by atoms with Crippen molar-refractivity contribution in [2.24, 2.45) is 0 Å². The third kappa shape index (κ3) is 9.59. The van der Waals surface area contributed by atoms with E-state index < -0.39 is 0 Å². The Labute approximate surface area is 178 Å².